The first kappa shape index (κ1) is 7.22. The molecule has 0 aromatic carbocycles. The Balaban J connectivity index is 1.91. The van der Waals surface area contributed by atoms with E-state index in [-0.39, 0.29) is 0 Å². The summed E-state index contributed by atoms with van der Waals surface area (Å²) in [5.41, 5.74) is 0. The van der Waals surface area contributed by atoms with Gasteiger partial charge in [-0.05, 0) is 24.3 Å². The Morgan fingerprint density at radius 3 is 1.67 bits per heavy atom. The van der Waals surface area contributed by atoms with Crippen molar-refractivity contribution in [3.8, 4) is 0 Å². The van der Waals surface area contributed by atoms with Crippen LogP contribution in [0.15, 0.2) is 45.6 Å². The highest BCUT2D eigenvalue weighted by atomic mass is 16.3. The molecule has 2 aromatic heterocycles. The molecule has 0 unspecified atom stereocenters. The average molecular weight is 162 g/mol. The van der Waals surface area contributed by atoms with E-state index < -0.39 is 0 Å². The second-order valence-corrected chi connectivity index (χ2v) is 2.66. The van der Waals surface area contributed by atoms with Gasteiger partial charge in [-0.3, -0.25) is 0 Å². The maximum absolute atomic E-state index is 5.19. The van der Waals surface area contributed by atoms with Crippen molar-refractivity contribution in [2.24, 2.45) is 0 Å². The molecule has 2 aromatic rings. The zero-order valence-corrected chi connectivity index (χ0v) is 6.69. The number of hydrogen-bond donors (Lipinski definition) is 0. The van der Waals surface area contributed by atoms with Crippen LogP contribution >= 0.6 is 0 Å². The molecule has 0 N–H and O–H groups in total. The van der Waals surface area contributed by atoms with Gasteiger partial charge in [0.25, 0.3) is 0 Å². The third-order valence-electron chi connectivity index (χ3n) is 1.78. The predicted molar refractivity (Wildman–Crippen MR) is 44.8 cm³/mol. The van der Waals surface area contributed by atoms with Crippen LogP contribution in [-0.2, 0) is 12.8 Å². The van der Waals surface area contributed by atoms with E-state index >= 15 is 0 Å². The van der Waals surface area contributed by atoms with E-state index in [9.17, 15) is 0 Å². The van der Waals surface area contributed by atoms with E-state index in [1.165, 1.54) is 0 Å². The largest absolute Gasteiger partial charge is 0.469 e. The van der Waals surface area contributed by atoms with Gasteiger partial charge in [-0.25, -0.2) is 0 Å². The van der Waals surface area contributed by atoms with E-state index in [4.69, 9.17) is 8.83 Å². The van der Waals surface area contributed by atoms with Gasteiger partial charge in [0.15, 0.2) is 0 Å². The summed E-state index contributed by atoms with van der Waals surface area (Å²) in [5.74, 6) is 2.01. The van der Waals surface area contributed by atoms with Crippen molar-refractivity contribution in [3.63, 3.8) is 0 Å². The standard InChI is InChI=1S/C10H10O2/c1-3-9(11-7-1)5-6-10-4-2-8-12-10/h1-4,7-8H,5-6H2. The van der Waals surface area contributed by atoms with Crippen LogP contribution in [0.5, 0.6) is 0 Å². The van der Waals surface area contributed by atoms with Gasteiger partial charge in [-0.15, -0.1) is 0 Å². The van der Waals surface area contributed by atoms with Crippen molar-refractivity contribution in [2.45, 2.75) is 12.8 Å². The molecule has 2 nitrogen and oxygen atoms in total. The molecular formula is C10H10O2. The molecule has 12 heavy (non-hydrogen) atoms. The van der Waals surface area contributed by atoms with Crippen molar-refractivity contribution < 1.29 is 8.83 Å². The first-order valence-electron chi connectivity index (χ1n) is 4.00. The van der Waals surface area contributed by atoms with Crippen LogP contribution in [0.25, 0.3) is 0 Å². The molecule has 0 bridgehead atoms. The minimum absolute atomic E-state index is 0.903. The van der Waals surface area contributed by atoms with Gasteiger partial charge in [0.2, 0.25) is 0 Å². The second-order valence-electron chi connectivity index (χ2n) is 2.66. The van der Waals surface area contributed by atoms with Crippen LogP contribution in [0.4, 0.5) is 0 Å². The van der Waals surface area contributed by atoms with Crippen LogP contribution in [0.1, 0.15) is 11.5 Å². The SMILES string of the molecule is c1coc(CCc2ccco2)c1. The van der Waals surface area contributed by atoms with E-state index in [1.807, 2.05) is 24.3 Å². The highest BCUT2D eigenvalue weighted by molar-refractivity contribution is 5.04. The first-order chi connectivity index (χ1) is 5.95. The molecule has 0 atom stereocenters. The fourth-order valence-electron chi connectivity index (χ4n) is 1.16. The topological polar surface area (TPSA) is 26.3 Å². The van der Waals surface area contributed by atoms with Crippen LogP contribution in [0.2, 0.25) is 0 Å². The maximum Gasteiger partial charge on any atom is 0.104 e. The van der Waals surface area contributed by atoms with Crippen molar-refractivity contribution in [1.82, 2.24) is 0 Å². The van der Waals surface area contributed by atoms with E-state index in [1.54, 1.807) is 12.5 Å². The fraction of sp³-hybridized carbons (Fsp3) is 0.200. The summed E-state index contributed by atoms with van der Waals surface area (Å²) in [6.07, 6.45) is 5.19. The summed E-state index contributed by atoms with van der Waals surface area (Å²) < 4.78 is 10.4. The minimum Gasteiger partial charge on any atom is -0.469 e. The van der Waals surface area contributed by atoms with E-state index in [2.05, 4.69) is 0 Å². The molecule has 0 aliphatic carbocycles. The Morgan fingerprint density at radius 2 is 1.33 bits per heavy atom. The molecule has 2 heterocycles. The quantitative estimate of drug-likeness (QED) is 0.693. The monoisotopic (exact) mass is 162 g/mol. The fourth-order valence-corrected chi connectivity index (χ4v) is 1.16. The van der Waals surface area contributed by atoms with Crippen LogP contribution in [0.3, 0.4) is 0 Å². The third-order valence-corrected chi connectivity index (χ3v) is 1.78. The molecule has 2 heteroatoms. The molecule has 0 saturated carbocycles. The Labute approximate surface area is 70.8 Å². The summed E-state index contributed by atoms with van der Waals surface area (Å²) in [7, 11) is 0. The molecule has 2 rings (SSSR count). The van der Waals surface area contributed by atoms with Gasteiger partial charge in [0, 0.05) is 12.8 Å². The van der Waals surface area contributed by atoms with Gasteiger partial charge in [-0.2, -0.15) is 0 Å². The highest BCUT2D eigenvalue weighted by Gasteiger charge is 1.98. The molecule has 62 valence electrons. The molecule has 0 aliphatic heterocycles. The second kappa shape index (κ2) is 3.30. The summed E-state index contributed by atoms with van der Waals surface area (Å²) in [6, 6.07) is 7.75. The van der Waals surface area contributed by atoms with Gasteiger partial charge >= 0.3 is 0 Å². The molecule has 0 aliphatic rings. The summed E-state index contributed by atoms with van der Waals surface area (Å²) >= 11 is 0. The molecule has 0 radical (unpaired) electrons. The minimum atomic E-state index is 0.903. The maximum atomic E-state index is 5.19. The van der Waals surface area contributed by atoms with Crippen molar-refractivity contribution in [3.05, 3.63) is 48.3 Å². The molecule has 0 saturated heterocycles. The van der Waals surface area contributed by atoms with Crippen molar-refractivity contribution in [2.75, 3.05) is 0 Å². The van der Waals surface area contributed by atoms with Gasteiger partial charge in [-0.1, -0.05) is 0 Å². The molecular weight excluding hydrogens is 152 g/mol. The number of aryl methyl sites for hydroxylation is 2. The van der Waals surface area contributed by atoms with Crippen molar-refractivity contribution in [1.29, 1.82) is 0 Å². The average Bonchev–Trinajstić information content (AvgIpc) is 2.74. The number of hydrogen-bond acceptors (Lipinski definition) is 2. The normalized spacial score (nSPS) is 10.3. The summed E-state index contributed by atoms with van der Waals surface area (Å²) in [4.78, 5) is 0. The summed E-state index contributed by atoms with van der Waals surface area (Å²) in [5, 5.41) is 0. The van der Waals surface area contributed by atoms with Crippen LogP contribution in [0, 0.1) is 0 Å². The van der Waals surface area contributed by atoms with Gasteiger partial charge in [0.1, 0.15) is 11.5 Å². The predicted octanol–water partition coefficient (Wildman–Crippen LogP) is 2.66. The van der Waals surface area contributed by atoms with Gasteiger partial charge in [0.05, 0.1) is 12.5 Å². The van der Waals surface area contributed by atoms with Gasteiger partial charge < -0.3 is 8.83 Å². The lowest BCUT2D eigenvalue weighted by molar-refractivity contribution is 0.475. The smallest absolute Gasteiger partial charge is 0.104 e. The molecule has 0 spiro atoms. The zero-order valence-electron chi connectivity index (χ0n) is 6.69. The van der Waals surface area contributed by atoms with E-state index in [0.29, 0.717) is 0 Å². The highest BCUT2D eigenvalue weighted by Crippen LogP contribution is 2.07. The lowest BCUT2D eigenvalue weighted by Crippen LogP contribution is -1.86. The van der Waals surface area contributed by atoms with Crippen molar-refractivity contribution >= 4 is 0 Å². The molecule has 0 amide bonds. The Bertz CT molecular complexity index is 271. The number of rotatable bonds is 3. The summed E-state index contributed by atoms with van der Waals surface area (Å²) in [6.45, 7) is 0. The number of furan rings is 2. The first-order valence-corrected chi connectivity index (χ1v) is 4.00. The van der Waals surface area contributed by atoms with Crippen LogP contribution < -0.4 is 0 Å². The molecule has 0 fully saturated rings. The van der Waals surface area contributed by atoms with E-state index in [0.717, 1.165) is 24.4 Å². The Morgan fingerprint density at radius 1 is 0.833 bits per heavy atom. The Hall–Kier alpha value is -1.44. The van der Waals surface area contributed by atoms with Crippen LogP contribution in [-0.4, -0.2) is 0 Å². The zero-order chi connectivity index (χ0) is 8.23. The lowest BCUT2D eigenvalue weighted by Gasteiger charge is -1.92. The third kappa shape index (κ3) is 1.59. The lowest BCUT2D eigenvalue weighted by atomic mass is 10.2. The Kier molecular flexibility index (Phi) is 1.99.